The van der Waals surface area contributed by atoms with Crippen LogP contribution in [-0.2, 0) is 4.79 Å². The molecular weight excluding hydrogens is 293 g/mol. The van der Waals surface area contributed by atoms with Crippen LogP contribution in [0.2, 0.25) is 0 Å². The van der Waals surface area contributed by atoms with E-state index in [1.165, 1.54) is 0 Å². The van der Waals surface area contributed by atoms with Crippen molar-refractivity contribution in [3.8, 4) is 0 Å². The van der Waals surface area contributed by atoms with Gasteiger partial charge in [0, 0.05) is 5.69 Å². The fraction of sp³-hybridized carbons (Fsp3) is 0.438. The summed E-state index contributed by atoms with van der Waals surface area (Å²) in [5, 5.41) is 2.99. The molecule has 1 aliphatic rings. The molecule has 0 bridgehead atoms. The molecule has 0 radical (unpaired) electrons. The van der Waals surface area contributed by atoms with E-state index in [0.717, 1.165) is 16.8 Å². The van der Waals surface area contributed by atoms with Gasteiger partial charge in [-0.25, -0.2) is 0 Å². The largest absolute Gasteiger partial charge is 0.326 e. The SMILES string of the molecule is Cc1cc(C)cc(NC(=O)[C@@H]2[C@H](C=C(Cl)Cl)C2(C)C)c1. The van der Waals surface area contributed by atoms with Crippen molar-refractivity contribution in [3.63, 3.8) is 0 Å². The first-order valence-electron chi connectivity index (χ1n) is 6.64. The second kappa shape index (κ2) is 5.42. The third-order valence-electron chi connectivity index (χ3n) is 3.99. The number of rotatable bonds is 3. The summed E-state index contributed by atoms with van der Waals surface area (Å²) in [5.74, 6) is 0.0325. The van der Waals surface area contributed by atoms with Gasteiger partial charge in [-0.1, -0.05) is 43.1 Å². The van der Waals surface area contributed by atoms with Gasteiger partial charge < -0.3 is 5.32 Å². The average Bonchev–Trinajstić information content (AvgIpc) is 2.77. The molecule has 0 spiro atoms. The first-order valence-corrected chi connectivity index (χ1v) is 7.39. The van der Waals surface area contributed by atoms with E-state index in [1.807, 2.05) is 26.0 Å². The Morgan fingerprint density at radius 1 is 1.20 bits per heavy atom. The van der Waals surface area contributed by atoms with Crippen molar-refractivity contribution in [2.75, 3.05) is 5.32 Å². The first kappa shape index (κ1) is 15.4. The Balaban J connectivity index is 2.12. The predicted octanol–water partition coefficient (Wildman–Crippen LogP) is 4.83. The average molecular weight is 312 g/mol. The quantitative estimate of drug-likeness (QED) is 0.850. The van der Waals surface area contributed by atoms with Gasteiger partial charge in [0.1, 0.15) is 4.49 Å². The topological polar surface area (TPSA) is 29.1 Å². The zero-order chi connectivity index (χ0) is 15.1. The number of aryl methyl sites for hydroxylation is 2. The Kier molecular flexibility index (Phi) is 4.17. The van der Waals surface area contributed by atoms with Crippen LogP contribution in [-0.4, -0.2) is 5.91 Å². The lowest BCUT2D eigenvalue weighted by Crippen LogP contribution is -2.17. The van der Waals surface area contributed by atoms with Gasteiger partial charge in [-0.05, 0) is 54.5 Å². The number of allylic oxidation sites excluding steroid dienone is 1. The Labute approximate surface area is 130 Å². The lowest BCUT2D eigenvalue weighted by atomic mass is 10.1. The van der Waals surface area contributed by atoms with Gasteiger partial charge in [0.2, 0.25) is 5.91 Å². The molecule has 0 unspecified atom stereocenters. The van der Waals surface area contributed by atoms with Crippen molar-refractivity contribution in [2.45, 2.75) is 27.7 Å². The third kappa shape index (κ3) is 3.18. The van der Waals surface area contributed by atoms with Gasteiger partial charge in [0.05, 0.1) is 5.92 Å². The summed E-state index contributed by atoms with van der Waals surface area (Å²) in [7, 11) is 0. The van der Waals surface area contributed by atoms with Crippen LogP contribution in [0.3, 0.4) is 0 Å². The van der Waals surface area contributed by atoms with Crippen molar-refractivity contribution in [2.24, 2.45) is 17.3 Å². The highest BCUT2D eigenvalue weighted by Crippen LogP contribution is 2.60. The summed E-state index contributed by atoms with van der Waals surface area (Å²) in [6, 6.07) is 6.02. The normalized spacial score (nSPS) is 23.1. The summed E-state index contributed by atoms with van der Waals surface area (Å²) in [6.07, 6.45) is 1.76. The van der Waals surface area contributed by atoms with E-state index < -0.39 is 0 Å². The van der Waals surface area contributed by atoms with Crippen LogP contribution < -0.4 is 5.32 Å². The second-order valence-electron chi connectivity index (χ2n) is 6.15. The minimum absolute atomic E-state index is 0.0239. The minimum Gasteiger partial charge on any atom is -0.326 e. The maximum atomic E-state index is 12.4. The molecule has 2 nitrogen and oxygen atoms in total. The van der Waals surface area contributed by atoms with E-state index in [2.05, 4.69) is 25.2 Å². The molecule has 1 aromatic carbocycles. The monoisotopic (exact) mass is 311 g/mol. The van der Waals surface area contributed by atoms with Crippen LogP contribution in [0.5, 0.6) is 0 Å². The molecule has 1 aromatic rings. The highest BCUT2D eigenvalue weighted by Gasteiger charge is 2.60. The Morgan fingerprint density at radius 3 is 2.25 bits per heavy atom. The zero-order valence-corrected chi connectivity index (χ0v) is 13.6. The minimum atomic E-state index is -0.0992. The van der Waals surface area contributed by atoms with Crippen LogP contribution >= 0.6 is 23.2 Å². The van der Waals surface area contributed by atoms with Gasteiger partial charge in [0.15, 0.2) is 0 Å². The smallest absolute Gasteiger partial charge is 0.228 e. The molecule has 20 heavy (non-hydrogen) atoms. The highest BCUT2D eigenvalue weighted by molar-refractivity contribution is 6.55. The molecule has 2 rings (SSSR count). The second-order valence-corrected chi connectivity index (χ2v) is 7.15. The van der Waals surface area contributed by atoms with E-state index in [4.69, 9.17) is 23.2 Å². The van der Waals surface area contributed by atoms with Crippen LogP contribution in [0, 0.1) is 31.1 Å². The number of nitrogens with one attached hydrogen (secondary N) is 1. The standard InChI is InChI=1S/C16H19Cl2NO/c1-9-5-10(2)7-11(6-9)19-15(20)14-12(8-13(17)18)16(14,3)4/h5-8,12,14H,1-4H3,(H,19,20)/t12-,14-/m0/s1. The third-order valence-corrected chi connectivity index (χ3v) is 4.24. The summed E-state index contributed by atoms with van der Waals surface area (Å²) in [6.45, 7) is 8.14. The molecule has 1 amide bonds. The Bertz CT molecular complexity index is 554. The molecular formula is C16H19Cl2NO. The zero-order valence-electron chi connectivity index (χ0n) is 12.1. The Hall–Kier alpha value is -0.990. The number of carbonyl (C=O) groups excluding carboxylic acids is 1. The summed E-state index contributed by atoms with van der Waals surface area (Å²) >= 11 is 11.4. The molecule has 108 valence electrons. The van der Waals surface area contributed by atoms with Crippen molar-refractivity contribution < 1.29 is 4.79 Å². The fourth-order valence-electron chi connectivity index (χ4n) is 2.89. The number of halogens is 2. The molecule has 0 saturated heterocycles. The molecule has 2 atom stereocenters. The number of benzene rings is 1. The number of hydrogen-bond acceptors (Lipinski definition) is 1. The van der Waals surface area contributed by atoms with Crippen molar-refractivity contribution in [1.29, 1.82) is 0 Å². The number of carbonyl (C=O) groups is 1. The maximum Gasteiger partial charge on any atom is 0.228 e. The summed E-state index contributed by atoms with van der Waals surface area (Å²) in [4.78, 5) is 12.4. The molecule has 1 N–H and O–H groups in total. The van der Waals surface area contributed by atoms with E-state index in [-0.39, 0.29) is 27.6 Å². The fourth-order valence-corrected chi connectivity index (χ4v) is 3.16. The lowest BCUT2D eigenvalue weighted by molar-refractivity contribution is -0.118. The van der Waals surface area contributed by atoms with E-state index >= 15 is 0 Å². The van der Waals surface area contributed by atoms with Gasteiger partial charge in [-0.15, -0.1) is 0 Å². The van der Waals surface area contributed by atoms with Crippen LogP contribution in [0.4, 0.5) is 5.69 Å². The van der Waals surface area contributed by atoms with E-state index in [9.17, 15) is 4.79 Å². The Morgan fingerprint density at radius 2 is 1.75 bits per heavy atom. The van der Waals surface area contributed by atoms with E-state index in [0.29, 0.717) is 0 Å². The molecule has 0 aliphatic heterocycles. The van der Waals surface area contributed by atoms with Crippen molar-refractivity contribution in [3.05, 3.63) is 39.9 Å². The highest BCUT2D eigenvalue weighted by atomic mass is 35.5. The summed E-state index contributed by atoms with van der Waals surface area (Å²) in [5.41, 5.74) is 3.01. The molecule has 1 fully saturated rings. The summed E-state index contributed by atoms with van der Waals surface area (Å²) < 4.78 is 0.227. The molecule has 0 aromatic heterocycles. The van der Waals surface area contributed by atoms with Crippen molar-refractivity contribution in [1.82, 2.24) is 0 Å². The maximum absolute atomic E-state index is 12.4. The molecule has 1 aliphatic carbocycles. The number of anilines is 1. The number of hydrogen-bond donors (Lipinski definition) is 1. The molecule has 4 heteroatoms. The van der Waals surface area contributed by atoms with Crippen LogP contribution in [0.15, 0.2) is 28.8 Å². The van der Waals surface area contributed by atoms with Gasteiger partial charge in [-0.2, -0.15) is 0 Å². The van der Waals surface area contributed by atoms with Crippen LogP contribution in [0.25, 0.3) is 0 Å². The van der Waals surface area contributed by atoms with Crippen LogP contribution in [0.1, 0.15) is 25.0 Å². The van der Waals surface area contributed by atoms with Gasteiger partial charge >= 0.3 is 0 Å². The first-order chi connectivity index (χ1) is 9.21. The van der Waals surface area contributed by atoms with Crippen molar-refractivity contribution >= 4 is 34.8 Å². The van der Waals surface area contributed by atoms with Gasteiger partial charge in [-0.3, -0.25) is 4.79 Å². The lowest BCUT2D eigenvalue weighted by Gasteiger charge is -2.08. The van der Waals surface area contributed by atoms with E-state index in [1.54, 1.807) is 6.08 Å². The van der Waals surface area contributed by atoms with Gasteiger partial charge in [0.25, 0.3) is 0 Å². The predicted molar refractivity (Wildman–Crippen MR) is 85.1 cm³/mol. The number of amides is 1. The molecule has 1 saturated carbocycles. The molecule has 0 heterocycles.